The lowest BCUT2D eigenvalue weighted by Crippen LogP contribution is -2.37. The van der Waals surface area contributed by atoms with E-state index in [2.05, 4.69) is 119 Å². The molecule has 4 rings (SSSR count). The van der Waals surface area contributed by atoms with Crippen LogP contribution in [0.2, 0.25) is 19.6 Å². The van der Waals surface area contributed by atoms with E-state index in [0.717, 1.165) is 11.3 Å². The molecular formula is C28H34N2Si. The van der Waals surface area contributed by atoms with Crippen molar-refractivity contribution in [2.24, 2.45) is 0 Å². The standard InChI is InChI=1S/C28H34N2Si/c1-19(2)23-11-10-12-24(20(3)4)27(23)30-26-14-9-8-13-25(26)29-28(30)21-15-17-22(18-16-21)31(5,6)7/h8-20H,1-7H3. The molecule has 3 aromatic carbocycles. The molecular weight excluding hydrogens is 392 g/mol. The fourth-order valence-corrected chi connectivity index (χ4v) is 5.50. The molecule has 31 heavy (non-hydrogen) atoms. The molecule has 0 atom stereocenters. The van der Waals surface area contributed by atoms with Crippen molar-refractivity contribution in [1.82, 2.24) is 9.55 Å². The lowest BCUT2D eigenvalue weighted by Gasteiger charge is -2.23. The van der Waals surface area contributed by atoms with Crippen molar-refractivity contribution in [2.75, 3.05) is 0 Å². The second-order valence-corrected chi connectivity index (χ2v) is 15.3. The van der Waals surface area contributed by atoms with Crippen molar-refractivity contribution >= 4 is 24.3 Å². The molecule has 0 spiro atoms. The lowest BCUT2D eigenvalue weighted by atomic mass is 9.92. The minimum Gasteiger partial charge on any atom is -0.292 e. The lowest BCUT2D eigenvalue weighted by molar-refractivity contribution is 0.811. The highest BCUT2D eigenvalue weighted by Gasteiger charge is 2.22. The van der Waals surface area contributed by atoms with Gasteiger partial charge in [-0.05, 0) is 35.1 Å². The molecule has 1 aromatic heterocycles. The SMILES string of the molecule is CC(C)c1cccc(C(C)C)c1-n1c(-c2ccc([Si](C)(C)C)cc2)nc2ccccc21. The number of nitrogens with zero attached hydrogens (tertiary/aromatic N) is 2. The zero-order valence-electron chi connectivity index (χ0n) is 19.9. The monoisotopic (exact) mass is 426 g/mol. The van der Waals surface area contributed by atoms with Crippen LogP contribution in [-0.4, -0.2) is 17.6 Å². The molecule has 3 heteroatoms. The van der Waals surface area contributed by atoms with Crippen LogP contribution in [0.25, 0.3) is 28.1 Å². The summed E-state index contributed by atoms with van der Waals surface area (Å²) in [7, 11) is -1.34. The third-order valence-electron chi connectivity index (χ3n) is 6.14. The molecule has 2 nitrogen and oxygen atoms in total. The van der Waals surface area contributed by atoms with E-state index in [4.69, 9.17) is 4.98 Å². The third-order valence-corrected chi connectivity index (χ3v) is 8.20. The Bertz CT molecular complexity index is 1180. The summed E-state index contributed by atoms with van der Waals surface area (Å²) in [6.45, 7) is 16.3. The molecule has 0 saturated heterocycles. The van der Waals surface area contributed by atoms with Crippen LogP contribution >= 0.6 is 0 Å². The average Bonchev–Trinajstić information content (AvgIpc) is 3.11. The van der Waals surface area contributed by atoms with E-state index in [0.29, 0.717) is 11.8 Å². The number of hydrogen-bond acceptors (Lipinski definition) is 1. The van der Waals surface area contributed by atoms with E-state index >= 15 is 0 Å². The van der Waals surface area contributed by atoms with E-state index in [-0.39, 0.29) is 0 Å². The molecule has 0 N–H and O–H groups in total. The van der Waals surface area contributed by atoms with Gasteiger partial charge in [-0.2, -0.15) is 0 Å². The maximum absolute atomic E-state index is 5.13. The van der Waals surface area contributed by atoms with Crippen molar-refractivity contribution < 1.29 is 0 Å². The van der Waals surface area contributed by atoms with Crippen molar-refractivity contribution in [3.05, 3.63) is 77.9 Å². The summed E-state index contributed by atoms with van der Waals surface area (Å²) in [5.41, 5.74) is 7.42. The van der Waals surface area contributed by atoms with Crippen LogP contribution < -0.4 is 5.19 Å². The van der Waals surface area contributed by atoms with Crippen molar-refractivity contribution in [3.8, 4) is 17.1 Å². The summed E-state index contributed by atoms with van der Waals surface area (Å²) in [5, 5.41) is 1.48. The Morgan fingerprint density at radius 1 is 0.710 bits per heavy atom. The van der Waals surface area contributed by atoms with Crippen LogP contribution in [-0.2, 0) is 0 Å². The van der Waals surface area contributed by atoms with E-state index in [1.54, 1.807) is 0 Å². The van der Waals surface area contributed by atoms with Gasteiger partial charge in [-0.3, -0.25) is 4.57 Å². The summed E-state index contributed by atoms with van der Waals surface area (Å²) in [6, 6.07) is 24.4. The molecule has 0 bridgehead atoms. The van der Waals surface area contributed by atoms with Crippen molar-refractivity contribution in [1.29, 1.82) is 0 Å². The van der Waals surface area contributed by atoms with Crippen LogP contribution in [0.1, 0.15) is 50.7 Å². The molecule has 0 radical (unpaired) electrons. The largest absolute Gasteiger partial charge is 0.292 e. The Labute approximate surface area is 188 Å². The second-order valence-electron chi connectivity index (χ2n) is 10.2. The Morgan fingerprint density at radius 2 is 1.29 bits per heavy atom. The topological polar surface area (TPSA) is 17.8 Å². The van der Waals surface area contributed by atoms with E-state index in [1.807, 2.05) is 0 Å². The number of benzene rings is 3. The zero-order valence-corrected chi connectivity index (χ0v) is 20.9. The zero-order chi connectivity index (χ0) is 22.3. The quantitative estimate of drug-likeness (QED) is 0.302. The first-order valence-corrected chi connectivity index (χ1v) is 14.9. The molecule has 0 amide bonds. The number of aromatic nitrogens is 2. The summed E-state index contributed by atoms with van der Waals surface area (Å²) < 4.78 is 2.41. The molecule has 0 saturated carbocycles. The molecule has 0 aliphatic carbocycles. The van der Waals surface area contributed by atoms with Crippen molar-refractivity contribution in [3.63, 3.8) is 0 Å². The Balaban J connectivity index is 2.05. The Hall–Kier alpha value is -2.65. The highest BCUT2D eigenvalue weighted by Crippen LogP contribution is 2.36. The van der Waals surface area contributed by atoms with Gasteiger partial charge in [0, 0.05) is 5.56 Å². The molecule has 0 aliphatic rings. The molecule has 0 unspecified atom stereocenters. The van der Waals surface area contributed by atoms with Gasteiger partial charge in [-0.1, -0.05) is 107 Å². The predicted octanol–water partition coefficient (Wildman–Crippen LogP) is 7.48. The summed E-state index contributed by atoms with van der Waals surface area (Å²) in [4.78, 5) is 5.13. The van der Waals surface area contributed by atoms with Gasteiger partial charge in [0.2, 0.25) is 0 Å². The number of para-hydroxylation sites is 3. The van der Waals surface area contributed by atoms with Crippen molar-refractivity contribution in [2.45, 2.75) is 59.2 Å². The van der Waals surface area contributed by atoms with Gasteiger partial charge in [0.05, 0.1) is 24.8 Å². The van der Waals surface area contributed by atoms with E-state index in [1.165, 1.54) is 33.1 Å². The fraction of sp³-hybridized carbons (Fsp3) is 0.321. The number of fused-ring (bicyclic) bond motifs is 1. The number of rotatable bonds is 5. The molecule has 0 fully saturated rings. The highest BCUT2D eigenvalue weighted by molar-refractivity contribution is 6.88. The van der Waals surface area contributed by atoms with Crippen LogP contribution in [0.4, 0.5) is 0 Å². The van der Waals surface area contributed by atoms with Gasteiger partial charge < -0.3 is 0 Å². The van der Waals surface area contributed by atoms with Gasteiger partial charge in [-0.25, -0.2) is 4.98 Å². The molecule has 160 valence electrons. The van der Waals surface area contributed by atoms with Gasteiger partial charge in [0.15, 0.2) is 0 Å². The first-order chi connectivity index (χ1) is 14.7. The van der Waals surface area contributed by atoms with Crippen LogP contribution in [0, 0.1) is 0 Å². The first kappa shape index (κ1) is 21.6. The third kappa shape index (κ3) is 3.99. The maximum atomic E-state index is 5.13. The first-order valence-electron chi connectivity index (χ1n) is 11.4. The van der Waals surface area contributed by atoms with E-state index in [9.17, 15) is 0 Å². The summed E-state index contributed by atoms with van der Waals surface area (Å²) in [5.74, 6) is 1.88. The predicted molar refractivity (Wildman–Crippen MR) is 138 cm³/mol. The molecule has 4 aromatic rings. The Morgan fingerprint density at radius 3 is 1.84 bits per heavy atom. The van der Waals surface area contributed by atoms with Crippen LogP contribution in [0.15, 0.2) is 66.7 Å². The number of imidazole rings is 1. The fourth-order valence-electron chi connectivity index (χ4n) is 4.34. The summed E-state index contributed by atoms with van der Waals surface area (Å²) in [6.07, 6.45) is 0. The normalized spacial score (nSPS) is 12.3. The Kier molecular flexibility index (Phi) is 5.65. The van der Waals surface area contributed by atoms with Gasteiger partial charge >= 0.3 is 0 Å². The minimum atomic E-state index is -1.34. The molecule has 0 aliphatic heterocycles. The second kappa shape index (κ2) is 8.12. The highest BCUT2D eigenvalue weighted by atomic mass is 28.3. The average molecular weight is 427 g/mol. The maximum Gasteiger partial charge on any atom is 0.145 e. The smallest absolute Gasteiger partial charge is 0.145 e. The van der Waals surface area contributed by atoms with E-state index < -0.39 is 8.07 Å². The summed E-state index contributed by atoms with van der Waals surface area (Å²) >= 11 is 0. The minimum absolute atomic E-state index is 0.428. The van der Waals surface area contributed by atoms with Gasteiger partial charge in [-0.15, -0.1) is 0 Å². The van der Waals surface area contributed by atoms with Gasteiger partial charge in [0.1, 0.15) is 5.82 Å². The number of hydrogen-bond donors (Lipinski definition) is 0. The van der Waals surface area contributed by atoms with Crippen LogP contribution in [0.5, 0.6) is 0 Å². The van der Waals surface area contributed by atoms with Gasteiger partial charge in [0.25, 0.3) is 0 Å². The van der Waals surface area contributed by atoms with Crippen LogP contribution in [0.3, 0.4) is 0 Å². The molecule has 1 heterocycles.